The number of benzene rings is 1. The molecule has 3 rings (SSSR count). The van der Waals surface area contributed by atoms with Crippen LogP contribution in [0.1, 0.15) is 24.8 Å². The van der Waals surface area contributed by atoms with Crippen LogP contribution in [0.15, 0.2) is 12.1 Å². The highest BCUT2D eigenvalue weighted by Crippen LogP contribution is 2.42. The molecule has 1 aliphatic heterocycles. The smallest absolute Gasteiger partial charge is 0.179 e. The minimum atomic E-state index is 0.456. The third kappa shape index (κ3) is 2.87. The third-order valence-electron chi connectivity index (χ3n) is 4.13. The summed E-state index contributed by atoms with van der Waals surface area (Å²) in [6.45, 7) is 3.04. The molecule has 1 fully saturated rings. The van der Waals surface area contributed by atoms with Crippen molar-refractivity contribution in [2.24, 2.45) is 0 Å². The number of fused-ring (bicyclic) bond motifs is 1. The van der Waals surface area contributed by atoms with Gasteiger partial charge in [0.15, 0.2) is 11.5 Å². The Morgan fingerprint density at radius 3 is 2.80 bits per heavy atom. The zero-order chi connectivity index (χ0) is 14.0. The molecule has 0 radical (unpaired) electrons. The first-order valence-electron chi connectivity index (χ1n) is 7.06. The van der Waals surface area contributed by atoms with Crippen LogP contribution in [0.3, 0.4) is 0 Å². The van der Waals surface area contributed by atoms with Gasteiger partial charge < -0.3 is 14.8 Å². The van der Waals surface area contributed by atoms with E-state index in [2.05, 4.69) is 11.6 Å². The molecule has 1 heterocycles. The lowest BCUT2D eigenvalue weighted by atomic mass is 9.84. The molecule has 0 amide bonds. The van der Waals surface area contributed by atoms with E-state index in [0.29, 0.717) is 28.7 Å². The molecule has 1 aliphatic carbocycles. The van der Waals surface area contributed by atoms with Gasteiger partial charge in [-0.05, 0) is 36.8 Å². The van der Waals surface area contributed by atoms with E-state index in [4.69, 9.17) is 21.1 Å². The summed E-state index contributed by atoms with van der Waals surface area (Å²) in [4.78, 5) is 0. The van der Waals surface area contributed by atoms with E-state index < -0.39 is 0 Å². The fourth-order valence-corrected chi connectivity index (χ4v) is 3.96. The van der Waals surface area contributed by atoms with Crippen LogP contribution in [0.5, 0.6) is 11.5 Å². The second-order valence-corrected chi connectivity index (χ2v) is 7.13. The quantitative estimate of drug-likeness (QED) is 0.901. The van der Waals surface area contributed by atoms with Crippen LogP contribution in [0.25, 0.3) is 0 Å². The third-order valence-corrected chi connectivity index (χ3v) is 5.83. The highest BCUT2D eigenvalue weighted by atomic mass is 35.5. The van der Waals surface area contributed by atoms with Gasteiger partial charge in [0.25, 0.3) is 0 Å². The summed E-state index contributed by atoms with van der Waals surface area (Å²) in [5.41, 5.74) is 1.15. The molecule has 1 N–H and O–H groups in total. The molecule has 5 heteroatoms. The SMILES string of the molecule is CSC1(CNCc2cc(Cl)c3c(c2)OCCO3)CCC1. The number of thioether (sulfide) groups is 1. The molecule has 110 valence electrons. The van der Waals surface area contributed by atoms with Crippen LogP contribution in [0.2, 0.25) is 5.02 Å². The van der Waals surface area contributed by atoms with Crippen LogP contribution < -0.4 is 14.8 Å². The minimum absolute atomic E-state index is 0.456. The van der Waals surface area contributed by atoms with Crippen molar-refractivity contribution < 1.29 is 9.47 Å². The lowest BCUT2D eigenvalue weighted by Crippen LogP contribution is -2.43. The summed E-state index contributed by atoms with van der Waals surface area (Å²) in [7, 11) is 0. The summed E-state index contributed by atoms with van der Waals surface area (Å²) in [6, 6.07) is 3.99. The molecule has 2 aliphatic rings. The summed E-state index contributed by atoms with van der Waals surface area (Å²) >= 11 is 8.23. The minimum Gasteiger partial charge on any atom is -0.486 e. The van der Waals surface area contributed by atoms with Gasteiger partial charge in [-0.25, -0.2) is 0 Å². The number of rotatable bonds is 5. The molecule has 3 nitrogen and oxygen atoms in total. The number of nitrogens with one attached hydrogen (secondary N) is 1. The van der Waals surface area contributed by atoms with Crippen molar-refractivity contribution in [1.82, 2.24) is 5.32 Å². The fraction of sp³-hybridized carbons (Fsp3) is 0.600. The van der Waals surface area contributed by atoms with Crippen molar-refractivity contribution in [2.45, 2.75) is 30.6 Å². The van der Waals surface area contributed by atoms with Crippen molar-refractivity contribution in [2.75, 3.05) is 26.0 Å². The number of ether oxygens (including phenoxy) is 2. The molecule has 1 aromatic rings. The van der Waals surface area contributed by atoms with Gasteiger partial charge in [0.1, 0.15) is 13.2 Å². The summed E-state index contributed by atoms with van der Waals surface area (Å²) in [5, 5.41) is 4.19. The van der Waals surface area contributed by atoms with Gasteiger partial charge in [-0.15, -0.1) is 0 Å². The zero-order valence-electron chi connectivity index (χ0n) is 11.7. The second kappa shape index (κ2) is 6.04. The van der Waals surface area contributed by atoms with Crippen molar-refractivity contribution in [1.29, 1.82) is 0 Å². The van der Waals surface area contributed by atoms with E-state index in [1.54, 1.807) is 0 Å². The van der Waals surface area contributed by atoms with E-state index >= 15 is 0 Å². The van der Waals surface area contributed by atoms with E-state index in [1.165, 1.54) is 19.3 Å². The van der Waals surface area contributed by atoms with Crippen LogP contribution in [0, 0.1) is 0 Å². The van der Waals surface area contributed by atoms with Gasteiger partial charge in [0.2, 0.25) is 0 Å². The number of hydrogen-bond acceptors (Lipinski definition) is 4. The largest absolute Gasteiger partial charge is 0.486 e. The van der Waals surface area contributed by atoms with Crippen LogP contribution in [-0.2, 0) is 6.54 Å². The molecular weight excluding hydrogens is 294 g/mol. The van der Waals surface area contributed by atoms with Gasteiger partial charge >= 0.3 is 0 Å². The zero-order valence-corrected chi connectivity index (χ0v) is 13.3. The maximum Gasteiger partial charge on any atom is 0.179 e. The maximum absolute atomic E-state index is 6.25. The van der Waals surface area contributed by atoms with Crippen molar-refractivity contribution in [3.63, 3.8) is 0 Å². The van der Waals surface area contributed by atoms with Gasteiger partial charge in [-0.3, -0.25) is 0 Å². The topological polar surface area (TPSA) is 30.5 Å². The van der Waals surface area contributed by atoms with E-state index in [0.717, 1.165) is 24.4 Å². The Morgan fingerprint density at radius 2 is 2.10 bits per heavy atom. The average Bonchev–Trinajstić information content (AvgIpc) is 2.42. The Balaban J connectivity index is 1.61. The molecule has 1 saturated carbocycles. The summed E-state index contributed by atoms with van der Waals surface area (Å²) < 4.78 is 11.6. The Bertz CT molecular complexity index is 485. The maximum atomic E-state index is 6.25. The summed E-state index contributed by atoms with van der Waals surface area (Å²) in [5.74, 6) is 1.45. The molecule has 0 unspecified atom stereocenters. The molecule has 1 aromatic carbocycles. The molecule has 0 saturated heterocycles. The van der Waals surface area contributed by atoms with Gasteiger partial charge in [-0.2, -0.15) is 11.8 Å². The van der Waals surface area contributed by atoms with Crippen molar-refractivity contribution >= 4 is 23.4 Å². The first-order chi connectivity index (χ1) is 9.72. The van der Waals surface area contributed by atoms with E-state index in [9.17, 15) is 0 Å². The van der Waals surface area contributed by atoms with E-state index in [1.807, 2.05) is 23.9 Å². The predicted molar refractivity (Wildman–Crippen MR) is 84.2 cm³/mol. The predicted octanol–water partition coefficient (Wildman–Crippen LogP) is 3.49. The van der Waals surface area contributed by atoms with Gasteiger partial charge in [-0.1, -0.05) is 18.0 Å². The number of hydrogen-bond donors (Lipinski definition) is 1. The van der Waals surface area contributed by atoms with Gasteiger partial charge in [0, 0.05) is 17.8 Å². The lowest BCUT2D eigenvalue weighted by Gasteiger charge is -2.40. The van der Waals surface area contributed by atoms with Gasteiger partial charge in [0.05, 0.1) is 5.02 Å². The Kier molecular flexibility index (Phi) is 4.34. The molecule has 0 spiro atoms. The Hall–Kier alpha value is -0.580. The first-order valence-corrected chi connectivity index (χ1v) is 8.67. The lowest BCUT2D eigenvalue weighted by molar-refractivity contribution is 0.171. The van der Waals surface area contributed by atoms with Crippen LogP contribution in [-0.4, -0.2) is 30.8 Å². The monoisotopic (exact) mass is 313 g/mol. The normalized spacial score (nSPS) is 19.5. The van der Waals surface area contributed by atoms with E-state index in [-0.39, 0.29) is 0 Å². The molecule has 0 bridgehead atoms. The fourth-order valence-electron chi connectivity index (χ4n) is 2.73. The Morgan fingerprint density at radius 1 is 1.30 bits per heavy atom. The molecule has 0 atom stereocenters. The molecular formula is C15H20ClNO2S. The standard InChI is InChI=1S/C15H20ClNO2S/c1-20-15(3-2-4-15)10-17-9-11-7-12(16)14-13(8-11)18-5-6-19-14/h7-8,17H,2-6,9-10H2,1H3. The van der Waals surface area contributed by atoms with Crippen LogP contribution >= 0.6 is 23.4 Å². The summed E-state index contributed by atoms with van der Waals surface area (Å²) in [6.07, 6.45) is 6.21. The Labute approximate surface area is 129 Å². The molecule has 0 aromatic heterocycles. The number of halogens is 1. The highest BCUT2D eigenvalue weighted by Gasteiger charge is 2.35. The molecule has 20 heavy (non-hydrogen) atoms. The second-order valence-electron chi connectivity index (χ2n) is 5.45. The van der Waals surface area contributed by atoms with Crippen molar-refractivity contribution in [3.05, 3.63) is 22.7 Å². The highest BCUT2D eigenvalue weighted by molar-refractivity contribution is 8.00. The first kappa shape index (κ1) is 14.4. The van der Waals surface area contributed by atoms with Crippen LogP contribution in [0.4, 0.5) is 0 Å². The average molecular weight is 314 g/mol. The van der Waals surface area contributed by atoms with Crippen molar-refractivity contribution in [3.8, 4) is 11.5 Å².